The minimum Gasteiger partial charge on any atom is -0.453 e. The Morgan fingerprint density at radius 2 is 1.69 bits per heavy atom. The number of benzene rings is 3. The van der Waals surface area contributed by atoms with Gasteiger partial charge in [0.2, 0.25) is 11.8 Å². The number of aromatic amines is 2. The van der Waals surface area contributed by atoms with Gasteiger partial charge in [-0.15, -0.1) is 0 Å². The highest BCUT2D eigenvalue weighted by Crippen LogP contribution is 2.50. The molecule has 1 aliphatic carbocycles. The number of hydrogen-bond acceptors (Lipinski definition) is 9. The van der Waals surface area contributed by atoms with Crippen LogP contribution in [-0.4, -0.2) is 106 Å². The number of rotatable bonds is 12. The molecular weight excluding hydrogens is 741 g/mol. The molecule has 0 spiro atoms. The van der Waals surface area contributed by atoms with Crippen LogP contribution in [0.5, 0.6) is 0 Å². The molecule has 3 aliphatic rings. The summed E-state index contributed by atoms with van der Waals surface area (Å²) in [6.45, 7) is 3.80. The number of hydrogen-bond donors (Lipinski definition) is 4. The number of nitrogens with one attached hydrogen (secondary N) is 4. The number of H-pyrrole nitrogens is 2. The van der Waals surface area contributed by atoms with Gasteiger partial charge in [0.05, 0.1) is 49.7 Å². The van der Waals surface area contributed by atoms with Gasteiger partial charge in [-0.25, -0.2) is 19.6 Å². The Bertz CT molecular complexity index is 2300. The number of amides is 4. The summed E-state index contributed by atoms with van der Waals surface area (Å²) in [4.78, 5) is 71.4. The van der Waals surface area contributed by atoms with Crippen molar-refractivity contribution in [3.63, 3.8) is 0 Å². The minimum atomic E-state index is -0.707. The summed E-state index contributed by atoms with van der Waals surface area (Å²) in [5.41, 5.74) is 5.71. The number of ether oxygens (including phenoxy) is 3. The van der Waals surface area contributed by atoms with E-state index < -0.39 is 18.2 Å². The second kappa shape index (κ2) is 16.9. The third-order valence-corrected chi connectivity index (χ3v) is 12.0. The maximum Gasteiger partial charge on any atom is 0.407 e. The summed E-state index contributed by atoms with van der Waals surface area (Å²) < 4.78 is 15.0. The van der Waals surface area contributed by atoms with E-state index in [4.69, 9.17) is 14.5 Å². The molecule has 2 bridgehead atoms. The molecule has 5 aromatic rings. The van der Waals surface area contributed by atoms with Gasteiger partial charge in [-0.2, -0.15) is 0 Å². The van der Waals surface area contributed by atoms with Gasteiger partial charge in [-0.3, -0.25) is 9.59 Å². The smallest absolute Gasteiger partial charge is 0.407 e. The average molecular weight is 791 g/mol. The zero-order valence-corrected chi connectivity index (χ0v) is 33.1. The maximum atomic E-state index is 13.9. The summed E-state index contributed by atoms with van der Waals surface area (Å²) in [5.74, 6) is 1.42. The standard InChI is InChI=1S/C43H50N8O7/c1-4-17-50(41(53)37(49-43(55)57-3)27-15-18-58-19-16-27)24-35-44-22-34(46-35)26-7-5-25(6-8-26)28-10-13-32-29(20-28)11-14-33-38(32)48-40(47-33)39-30-9-12-31(21-30)51(39)36(52)23-45-42(54)56-2/h5-8,10-11,13-14,20,22,27,30-31,37,39H,4,9,12,15-19,21,23-24H2,1-3H3,(H,44,46)(H,45,54)(H,47,48)(H,49,55)/t30-,31+,37?,39-/m0/s1. The van der Waals surface area contributed by atoms with Crippen molar-refractivity contribution < 1.29 is 33.4 Å². The van der Waals surface area contributed by atoms with E-state index in [0.717, 1.165) is 75.7 Å². The lowest BCUT2D eigenvalue weighted by Crippen LogP contribution is -2.53. The van der Waals surface area contributed by atoms with Crippen LogP contribution >= 0.6 is 0 Å². The number of imidazole rings is 2. The summed E-state index contributed by atoms with van der Waals surface area (Å²) in [7, 11) is 2.58. The number of carbonyl (C=O) groups is 4. The fourth-order valence-electron chi connectivity index (χ4n) is 9.11. The molecule has 8 rings (SSSR count). The first-order valence-electron chi connectivity index (χ1n) is 20.2. The van der Waals surface area contributed by atoms with Gasteiger partial charge in [0.25, 0.3) is 0 Å². The van der Waals surface area contributed by atoms with Crippen LogP contribution in [0.1, 0.15) is 63.1 Å². The van der Waals surface area contributed by atoms with Crippen LogP contribution in [0.25, 0.3) is 44.2 Å². The molecule has 1 saturated carbocycles. The summed E-state index contributed by atoms with van der Waals surface area (Å²) in [6, 6.07) is 18.1. The van der Waals surface area contributed by atoms with Crippen LogP contribution in [0.3, 0.4) is 0 Å². The Labute approximate surface area is 336 Å². The lowest BCUT2D eigenvalue weighted by atomic mass is 9.90. The Morgan fingerprint density at radius 1 is 0.931 bits per heavy atom. The fourth-order valence-corrected chi connectivity index (χ4v) is 9.11. The van der Waals surface area contributed by atoms with Crippen molar-refractivity contribution in [1.29, 1.82) is 0 Å². The number of fused-ring (bicyclic) bond motifs is 5. The van der Waals surface area contributed by atoms with Crippen molar-refractivity contribution >= 4 is 45.8 Å². The number of alkyl carbamates (subject to hydrolysis) is 2. The number of carbonyl (C=O) groups excluding carboxylic acids is 4. The second-order valence-corrected chi connectivity index (χ2v) is 15.5. The highest BCUT2D eigenvalue weighted by molar-refractivity contribution is 6.05. The van der Waals surface area contributed by atoms with Crippen molar-refractivity contribution in [3.8, 4) is 22.4 Å². The largest absolute Gasteiger partial charge is 0.453 e. The molecule has 15 heteroatoms. The molecule has 4 atom stereocenters. The SMILES string of the molecule is CCCN(Cc1ncc(-c2ccc(-c3ccc4c(ccc5[nH]c([C@@H]6[C@H]7CC[C@H](C7)N6C(=O)CNC(=O)OC)nc54)c3)cc2)[nH]1)C(=O)C(NC(=O)OC)C1CCOCC1. The van der Waals surface area contributed by atoms with Gasteiger partial charge in [0, 0.05) is 31.2 Å². The first kappa shape index (κ1) is 38.9. The van der Waals surface area contributed by atoms with Crippen LogP contribution in [0.4, 0.5) is 9.59 Å². The summed E-state index contributed by atoms with van der Waals surface area (Å²) in [6.07, 6.45) is 5.58. The highest BCUT2D eigenvalue weighted by Gasteiger charge is 2.50. The Morgan fingerprint density at radius 3 is 2.45 bits per heavy atom. The molecule has 58 heavy (non-hydrogen) atoms. The molecule has 15 nitrogen and oxygen atoms in total. The van der Waals surface area contributed by atoms with Gasteiger partial charge in [0.15, 0.2) is 0 Å². The molecule has 3 fully saturated rings. The molecule has 4 amide bonds. The first-order chi connectivity index (χ1) is 28.2. The Kier molecular flexibility index (Phi) is 11.3. The molecule has 2 aliphatic heterocycles. The number of methoxy groups -OCH3 is 2. The van der Waals surface area contributed by atoms with Gasteiger partial charge in [-0.1, -0.05) is 49.4 Å². The number of nitrogens with zero attached hydrogens (tertiary/aromatic N) is 4. The molecule has 1 unspecified atom stereocenters. The first-order valence-corrected chi connectivity index (χ1v) is 20.2. The Hall–Kier alpha value is -5.96. The third-order valence-electron chi connectivity index (χ3n) is 12.0. The molecule has 3 aromatic carbocycles. The molecule has 0 radical (unpaired) electrons. The maximum absolute atomic E-state index is 13.9. The van der Waals surface area contributed by atoms with Crippen molar-refractivity contribution in [2.45, 2.75) is 70.1 Å². The van der Waals surface area contributed by atoms with Gasteiger partial charge >= 0.3 is 12.2 Å². The third kappa shape index (κ3) is 7.82. The van der Waals surface area contributed by atoms with Crippen molar-refractivity contribution in [1.82, 2.24) is 40.4 Å². The Balaban J connectivity index is 0.969. The molecule has 4 N–H and O–H groups in total. The molecule has 2 aromatic heterocycles. The summed E-state index contributed by atoms with van der Waals surface area (Å²) >= 11 is 0. The minimum absolute atomic E-state index is 0.0429. The van der Waals surface area contributed by atoms with E-state index in [1.807, 2.05) is 17.9 Å². The van der Waals surface area contributed by atoms with E-state index >= 15 is 0 Å². The number of likely N-dealkylation sites (tertiary alicyclic amines) is 1. The van der Waals surface area contributed by atoms with Crippen LogP contribution < -0.4 is 10.6 Å². The predicted octanol–water partition coefficient (Wildman–Crippen LogP) is 6.07. The average Bonchev–Trinajstić information content (AvgIpc) is 4.09. The highest BCUT2D eigenvalue weighted by atomic mass is 16.5. The topological polar surface area (TPSA) is 184 Å². The van der Waals surface area contributed by atoms with Crippen LogP contribution in [0, 0.1) is 11.8 Å². The number of aromatic nitrogens is 4. The van der Waals surface area contributed by atoms with E-state index in [1.54, 1.807) is 11.1 Å². The van der Waals surface area contributed by atoms with Crippen LogP contribution in [0.15, 0.2) is 60.8 Å². The van der Waals surface area contributed by atoms with E-state index in [9.17, 15) is 19.2 Å². The van der Waals surface area contributed by atoms with Gasteiger partial charge < -0.3 is 44.6 Å². The summed E-state index contributed by atoms with van der Waals surface area (Å²) in [5, 5.41) is 7.41. The van der Waals surface area contributed by atoms with Crippen LogP contribution in [0.2, 0.25) is 0 Å². The molecule has 2 saturated heterocycles. The predicted molar refractivity (Wildman–Crippen MR) is 216 cm³/mol. The zero-order chi connectivity index (χ0) is 40.3. The van der Waals surface area contributed by atoms with Crippen molar-refractivity contribution in [3.05, 3.63) is 72.4 Å². The zero-order valence-electron chi connectivity index (χ0n) is 33.1. The lowest BCUT2D eigenvalue weighted by Gasteiger charge is -2.34. The van der Waals surface area contributed by atoms with E-state index in [2.05, 4.69) is 78.9 Å². The van der Waals surface area contributed by atoms with E-state index in [-0.39, 0.29) is 42.9 Å². The lowest BCUT2D eigenvalue weighted by molar-refractivity contribution is -0.136. The molecule has 4 heterocycles. The molecular formula is C43H50N8O7. The quantitative estimate of drug-likeness (QED) is 0.117. The van der Waals surface area contributed by atoms with E-state index in [1.165, 1.54) is 14.2 Å². The van der Waals surface area contributed by atoms with Crippen molar-refractivity contribution in [2.75, 3.05) is 40.5 Å². The molecule has 304 valence electrons. The normalized spacial score (nSPS) is 19.6. The second-order valence-electron chi connectivity index (χ2n) is 15.5. The van der Waals surface area contributed by atoms with Crippen LogP contribution in [-0.2, 0) is 30.3 Å². The van der Waals surface area contributed by atoms with Crippen molar-refractivity contribution in [2.24, 2.45) is 11.8 Å². The fraction of sp³-hybridized carbons (Fsp3) is 0.442. The van der Waals surface area contributed by atoms with E-state index in [0.29, 0.717) is 44.3 Å². The monoisotopic (exact) mass is 790 g/mol. The number of piperidine rings is 1. The van der Waals surface area contributed by atoms with Gasteiger partial charge in [-0.05, 0) is 84.6 Å². The van der Waals surface area contributed by atoms with Gasteiger partial charge in [0.1, 0.15) is 24.2 Å².